The zero-order valence-electron chi connectivity index (χ0n) is 14.9. The van der Waals surface area contributed by atoms with Gasteiger partial charge in [-0.05, 0) is 55.3 Å². The van der Waals surface area contributed by atoms with E-state index in [0.717, 1.165) is 0 Å². The minimum absolute atomic E-state index is 0.0264. The standard InChI is InChI=1S/C20H20Cl2N2O3/c1-27-18-7-6-15(22)12-17(18)20(26)24-10-8-16(9-11-24)23-19(25)13-2-4-14(21)5-3-13/h2-7,12,16H,8-11H2,1H3,(H,23,25). The Labute approximate surface area is 168 Å². The van der Waals surface area contributed by atoms with Crippen molar-refractivity contribution in [1.29, 1.82) is 0 Å². The van der Waals surface area contributed by atoms with Crippen LogP contribution in [0.2, 0.25) is 10.0 Å². The number of benzene rings is 2. The largest absolute Gasteiger partial charge is 0.496 e. The fourth-order valence-corrected chi connectivity index (χ4v) is 3.41. The summed E-state index contributed by atoms with van der Waals surface area (Å²) in [6, 6.07) is 11.8. The van der Waals surface area contributed by atoms with Gasteiger partial charge in [0.25, 0.3) is 11.8 Å². The van der Waals surface area contributed by atoms with E-state index in [4.69, 9.17) is 27.9 Å². The smallest absolute Gasteiger partial charge is 0.257 e. The van der Waals surface area contributed by atoms with Crippen LogP contribution in [0.1, 0.15) is 33.6 Å². The summed E-state index contributed by atoms with van der Waals surface area (Å²) in [5.74, 6) is 0.257. The van der Waals surface area contributed by atoms with Gasteiger partial charge in [-0.1, -0.05) is 23.2 Å². The Hall–Kier alpha value is -2.24. The number of nitrogens with zero attached hydrogens (tertiary/aromatic N) is 1. The Morgan fingerprint density at radius 1 is 1.04 bits per heavy atom. The summed E-state index contributed by atoms with van der Waals surface area (Å²) in [7, 11) is 1.53. The molecule has 2 amide bonds. The third-order valence-corrected chi connectivity index (χ3v) is 5.10. The van der Waals surface area contributed by atoms with E-state index in [2.05, 4.69) is 5.32 Å². The number of nitrogens with one attached hydrogen (secondary N) is 1. The van der Waals surface area contributed by atoms with Crippen molar-refractivity contribution in [2.45, 2.75) is 18.9 Å². The lowest BCUT2D eigenvalue weighted by Gasteiger charge is -2.32. The van der Waals surface area contributed by atoms with Gasteiger partial charge < -0.3 is 15.0 Å². The molecule has 0 aliphatic carbocycles. The van der Waals surface area contributed by atoms with Crippen molar-refractivity contribution < 1.29 is 14.3 Å². The lowest BCUT2D eigenvalue weighted by Crippen LogP contribution is -2.46. The monoisotopic (exact) mass is 406 g/mol. The van der Waals surface area contributed by atoms with Crippen LogP contribution in [0.5, 0.6) is 5.75 Å². The van der Waals surface area contributed by atoms with Crippen molar-refractivity contribution in [3.63, 3.8) is 0 Å². The molecule has 3 rings (SSSR count). The second kappa shape index (κ2) is 8.63. The van der Waals surface area contributed by atoms with Crippen molar-refractivity contribution >= 4 is 35.0 Å². The Bertz CT molecular complexity index is 832. The zero-order valence-corrected chi connectivity index (χ0v) is 16.4. The normalized spacial score (nSPS) is 14.7. The molecule has 1 aliphatic rings. The van der Waals surface area contributed by atoms with Crippen molar-refractivity contribution in [1.82, 2.24) is 10.2 Å². The number of methoxy groups -OCH3 is 1. The first kappa shape index (κ1) is 19.5. The van der Waals surface area contributed by atoms with E-state index >= 15 is 0 Å². The second-order valence-corrected chi connectivity index (χ2v) is 7.26. The van der Waals surface area contributed by atoms with E-state index in [0.29, 0.717) is 52.9 Å². The first-order chi connectivity index (χ1) is 13.0. The van der Waals surface area contributed by atoms with Gasteiger partial charge in [0.05, 0.1) is 12.7 Å². The van der Waals surface area contributed by atoms with E-state index in [-0.39, 0.29) is 17.9 Å². The average molecular weight is 407 g/mol. The molecular weight excluding hydrogens is 387 g/mol. The van der Waals surface area contributed by atoms with Gasteiger partial charge in [-0.3, -0.25) is 9.59 Å². The number of piperidine rings is 1. The van der Waals surface area contributed by atoms with E-state index in [1.165, 1.54) is 7.11 Å². The average Bonchev–Trinajstić information content (AvgIpc) is 2.68. The summed E-state index contributed by atoms with van der Waals surface area (Å²) in [5.41, 5.74) is 1.02. The van der Waals surface area contributed by atoms with Crippen molar-refractivity contribution in [3.05, 3.63) is 63.6 Å². The van der Waals surface area contributed by atoms with E-state index in [9.17, 15) is 9.59 Å². The molecule has 0 atom stereocenters. The molecule has 0 aromatic heterocycles. The minimum atomic E-state index is -0.132. The molecule has 2 aromatic rings. The van der Waals surface area contributed by atoms with Crippen LogP contribution >= 0.6 is 23.2 Å². The van der Waals surface area contributed by atoms with Crippen LogP contribution in [0.4, 0.5) is 0 Å². The topological polar surface area (TPSA) is 58.6 Å². The zero-order chi connectivity index (χ0) is 19.4. The molecule has 2 aromatic carbocycles. The van der Waals surface area contributed by atoms with Crippen LogP contribution in [-0.2, 0) is 0 Å². The molecule has 1 N–H and O–H groups in total. The van der Waals surface area contributed by atoms with Gasteiger partial charge in [0.2, 0.25) is 0 Å². The summed E-state index contributed by atoms with van der Waals surface area (Å²) in [6.07, 6.45) is 1.38. The first-order valence-corrected chi connectivity index (χ1v) is 9.43. The van der Waals surface area contributed by atoms with Crippen molar-refractivity contribution in [3.8, 4) is 5.75 Å². The molecule has 1 aliphatic heterocycles. The van der Waals surface area contributed by atoms with E-state index in [1.54, 1.807) is 47.4 Å². The van der Waals surface area contributed by atoms with E-state index in [1.807, 2.05) is 0 Å². The number of hydrogen-bond donors (Lipinski definition) is 1. The minimum Gasteiger partial charge on any atom is -0.496 e. The molecule has 1 saturated heterocycles. The molecule has 0 spiro atoms. The van der Waals surface area contributed by atoms with Crippen LogP contribution < -0.4 is 10.1 Å². The van der Waals surface area contributed by atoms with Crippen LogP contribution in [-0.4, -0.2) is 43.0 Å². The van der Waals surface area contributed by atoms with Gasteiger partial charge in [-0.25, -0.2) is 0 Å². The number of carbonyl (C=O) groups excluding carboxylic acids is 2. The van der Waals surface area contributed by atoms with Crippen LogP contribution in [0, 0.1) is 0 Å². The van der Waals surface area contributed by atoms with Crippen LogP contribution in [0.25, 0.3) is 0 Å². The maximum absolute atomic E-state index is 12.8. The van der Waals surface area contributed by atoms with Gasteiger partial charge in [0.15, 0.2) is 0 Å². The number of ether oxygens (including phenoxy) is 1. The van der Waals surface area contributed by atoms with Crippen molar-refractivity contribution in [2.24, 2.45) is 0 Å². The predicted octanol–water partition coefficient (Wildman–Crippen LogP) is 4.04. The van der Waals surface area contributed by atoms with Crippen LogP contribution in [0.15, 0.2) is 42.5 Å². The molecule has 0 unspecified atom stereocenters. The number of hydrogen-bond acceptors (Lipinski definition) is 3. The number of rotatable bonds is 4. The van der Waals surface area contributed by atoms with Crippen molar-refractivity contribution in [2.75, 3.05) is 20.2 Å². The molecule has 27 heavy (non-hydrogen) atoms. The molecular formula is C20H20Cl2N2O3. The molecule has 0 radical (unpaired) electrons. The summed E-state index contributed by atoms with van der Waals surface area (Å²) in [6.45, 7) is 1.11. The summed E-state index contributed by atoms with van der Waals surface area (Å²) in [4.78, 5) is 26.9. The highest BCUT2D eigenvalue weighted by molar-refractivity contribution is 6.31. The van der Waals surface area contributed by atoms with Crippen LogP contribution in [0.3, 0.4) is 0 Å². The summed E-state index contributed by atoms with van der Waals surface area (Å²) >= 11 is 11.9. The third-order valence-electron chi connectivity index (χ3n) is 4.62. The molecule has 142 valence electrons. The number of halogens is 2. The number of carbonyl (C=O) groups is 2. The third kappa shape index (κ3) is 4.73. The first-order valence-electron chi connectivity index (χ1n) is 8.67. The highest BCUT2D eigenvalue weighted by atomic mass is 35.5. The fourth-order valence-electron chi connectivity index (χ4n) is 3.11. The maximum atomic E-state index is 12.8. The van der Waals surface area contributed by atoms with Gasteiger partial charge in [-0.2, -0.15) is 0 Å². The van der Waals surface area contributed by atoms with Gasteiger partial charge in [-0.15, -0.1) is 0 Å². The lowest BCUT2D eigenvalue weighted by molar-refractivity contribution is 0.0695. The molecule has 5 nitrogen and oxygen atoms in total. The Morgan fingerprint density at radius 3 is 2.30 bits per heavy atom. The predicted molar refractivity (Wildman–Crippen MR) is 106 cm³/mol. The Balaban J connectivity index is 1.58. The Morgan fingerprint density at radius 2 is 1.67 bits per heavy atom. The fraction of sp³-hybridized carbons (Fsp3) is 0.300. The quantitative estimate of drug-likeness (QED) is 0.833. The molecule has 0 bridgehead atoms. The van der Waals surface area contributed by atoms with Gasteiger partial charge >= 0.3 is 0 Å². The van der Waals surface area contributed by atoms with Gasteiger partial charge in [0, 0.05) is 34.7 Å². The summed E-state index contributed by atoms with van der Waals surface area (Å²) < 4.78 is 5.27. The Kier molecular flexibility index (Phi) is 6.24. The second-order valence-electron chi connectivity index (χ2n) is 6.39. The summed E-state index contributed by atoms with van der Waals surface area (Å²) in [5, 5.41) is 4.10. The highest BCUT2D eigenvalue weighted by Gasteiger charge is 2.26. The number of amides is 2. The number of likely N-dealkylation sites (tertiary alicyclic amines) is 1. The molecule has 7 heteroatoms. The van der Waals surface area contributed by atoms with Gasteiger partial charge in [0.1, 0.15) is 5.75 Å². The van der Waals surface area contributed by atoms with E-state index < -0.39 is 0 Å². The molecule has 0 saturated carbocycles. The highest BCUT2D eigenvalue weighted by Crippen LogP contribution is 2.25. The maximum Gasteiger partial charge on any atom is 0.257 e. The molecule has 1 heterocycles. The lowest BCUT2D eigenvalue weighted by atomic mass is 10.0. The molecule has 1 fully saturated rings. The SMILES string of the molecule is COc1ccc(Cl)cc1C(=O)N1CCC(NC(=O)c2ccc(Cl)cc2)CC1.